The molecule has 0 bridgehead atoms. The molecule has 0 saturated carbocycles. The fourth-order valence-corrected chi connectivity index (χ4v) is 4.15. The summed E-state index contributed by atoms with van der Waals surface area (Å²) in [5.74, 6) is 1.91. The first-order valence-electron chi connectivity index (χ1n) is 9.89. The lowest BCUT2D eigenvalue weighted by Crippen LogP contribution is -2.47. The molecule has 3 heterocycles. The number of methoxy groups -OCH3 is 1. The molecule has 0 unspecified atom stereocenters. The molecule has 2 saturated heterocycles. The van der Waals surface area contributed by atoms with Gasteiger partial charge in [0.05, 0.1) is 25.7 Å². The largest absolute Gasteiger partial charge is 0.384 e. The van der Waals surface area contributed by atoms with Crippen LogP contribution in [0.4, 0.5) is 0 Å². The number of piperidine rings is 1. The SMILES string of the molecule is COCCc1noc([C@H]2CCCN(CC(C)(C)CN3CCOCC3)C2)n1. The monoisotopic (exact) mass is 366 g/mol. The van der Waals surface area contributed by atoms with Crippen molar-refractivity contribution < 1.29 is 14.0 Å². The maximum Gasteiger partial charge on any atom is 0.231 e. The minimum Gasteiger partial charge on any atom is -0.384 e. The smallest absolute Gasteiger partial charge is 0.231 e. The van der Waals surface area contributed by atoms with Gasteiger partial charge < -0.3 is 18.9 Å². The molecule has 7 heteroatoms. The van der Waals surface area contributed by atoms with Crippen LogP contribution in [0, 0.1) is 5.41 Å². The van der Waals surface area contributed by atoms with E-state index in [0.29, 0.717) is 18.9 Å². The molecule has 0 aromatic carbocycles. The second-order valence-electron chi connectivity index (χ2n) is 8.42. The molecule has 148 valence electrons. The van der Waals surface area contributed by atoms with E-state index < -0.39 is 0 Å². The van der Waals surface area contributed by atoms with Crippen molar-refractivity contribution in [1.29, 1.82) is 0 Å². The van der Waals surface area contributed by atoms with E-state index in [1.807, 2.05) is 0 Å². The molecule has 26 heavy (non-hydrogen) atoms. The van der Waals surface area contributed by atoms with Gasteiger partial charge in [-0.05, 0) is 24.8 Å². The number of hydrogen-bond acceptors (Lipinski definition) is 7. The number of morpholine rings is 1. The molecule has 1 atom stereocenters. The van der Waals surface area contributed by atoms with Crippen molar-refractivity contribution in [2.24, 2.45) is 5.41 Å². The van der Waals surface area contributed by atoms with Gasteiger partial charge >= 0.3 is 0 Å². The summed E-state index contributed by atoms with van der Waals surface area (Å²) in [6, 6.07) is 0. The third-order valence-electron chi connectivity index (χ3n) is 5.28. The lowest BCUT2D eigenvalue weighted by Gasteiger charge is -2.40. The summed E-state index contributed by atoms with van der Waals surface area (Å²) in [5.41, 5.74) is 0.262. The van der Waals surface area contributed by atoms with Crippen molar-refractivity contribution in [3.8, 4) is 0 Å². The number of ether oxygens (including phenoxy) is 2. The Kier molecular flexibility index (Phi) is 7.03. The molecule has 1 aromatic heterocycles. The Labute approximate surface area is 157 Å². The molecule has 0 aliphatic carbocycles. The number of hydrogen-bond donors (Lipinski definition) is 0. The zero-order valence-corrected chi connectivity index (χ0v) is 16.6. The molecule has 0 radical (unpaired) electrons. The van der Waals surface area contributed by atoms with Crippen LogP contribution in [0.15, 0.2) is 4.52 Å². The molecule has 3 rings (SSSR count). The van der Waals surface area contributed by atoms with E-state index in [1.54, 1.807) is 7.11 Å². The molecule has 0 spiro atoms. The van der Waals surface area contributed by atoms with Gasteiger partial charge in [0.25, 0.3) is 0 Å². The molecular weight excluding hydrogens is 332 g/mol. The Morgan fingerprint density at radius 3 is 2.69 bits per heavy atom. The van der Waals surface area contributed by atoms with Crippen LogP contribution in [0.3, 0.4) is 0 Å². The number of rotatable bonds is 8. The Bertz CT molecular complexity index is 543. The molecular formula is C19H34N4O3. The van der Waals surface area contributed by atoms with Crippen LogP contribution >= 0.6 is 0 Å². The predicted molar refractivity (Wildman–Crippen MR) is 99.3 cm³/mol. The Balaban J connectivity index is 1.51. The maximum atomic E-state index is 5.54. The fourth-order valence-electron chi connectivity index (χ4n) is 4.15. The van der Waals surface area contributed by atoms with E-state index in [4.69, 9.17) is 14.0 Å². The van der Waals surface area contributed by atoms with Crippen molar-refractivity contribution in [1.82, 2.24) is 19.9 Å². The maximum absolute atomic E-state index is 5.54. The second kappa shape index (κ2) is 9.26. The van der Waals surface area contributed by atoms with Crippen LogP contribution in [0.2, 0.25) is 0 Å². The zero-order valence-electron chi connectivity index (χ0n) is 16.6. The van der Waals surface area contributed by atoms with E-state index in [-0.39, 0.29) is 5.41 Å². The van der Waals surface area contributed by atoms with Gasteiger partial charge in [-0.1, -0.05) is 19.0 Å². The highest BCUT2D eigenvalue weighted by molar-refractivity contribution is 4.98. The minimum atomic E-state index is 0.262. The first-order chi connectivity index (χ1) is 12.6. The molecule has 7 nitrogen and oxygen atoms in total. The standard InChI is InChI=1S/C19H34N4O3/c1-19(2,14-22-8-11-25-12-9-22)15-23-7-4-5-16(13-23)18-20-17(21-26-18)6-10-24-3/h16H,4-15H2,1-3H3/t16-/m0/s1. The Hall–Kier alpha value is -1.02. The Morgan fingerprint density at radius 2 is 1.92 bits per heavy atom. The zero-order chi connectivity index (χ0) is 18.4. The van der Waals surface area contributed by atoms with E-state index in [2.05, 4.69) is 33.8 Å². The predicted octanol–water partition coefficient (Wildman–Crippen LogP) is 1.80. The van der Waals surface area contributed by atoms with Crippen LogP contribution in [0.1, 0.15) is 44.3 Å². The normalized spacial score (nSPS) is 23.4. The molecule has 1 aromatic rings. The summed E-state index contributed by atoms with van der Waals surface area (Å²) < 4.78 is 16.1. The summed E-state index contributed by atoms with van der Waals surface area (Å²) in [5, 5.41) is 4.10. The minimum absolute atomic E-state index is 0.262. The summed E-state index contributed by atoms with van der Waals surface area (Å²) in [6.45, 7) is 13.6. The van der Waals surface area contributed by atoms with Crippen LogP contribution in [-0.2, 0) is 15.9 Å². The average Bonchev–Trinajstić information content (AvgIpc) is 3.09. The van der Waals surface area contributed by atoms with Gasteiger partial charge in [0.1, 0.15) is 0 Å². The highest BCUT2D eigenvalue weighted by Gasteiger charge is 2.31. The lowest BCUT2D eigenvalue weighted by atomic mass is 9.89. The summed E-state index contributed by atoms with van der Waals surface area (Å²) in [4.78, 5) is 9.70. The summed E-state index contributed by atoms with van der Waals surface area (Å²) >= 11 is 0. The van der Waals surface area contributed by atoms with Crippen molar-refractivity contribution >= 4 is 0 Å². The number of aromatic nitrogens is 2. The van der Waals surface area contributed by atoms with Crippen LogP contribution in [0.25, 0.3) is 0 Å². The quantitative estimate of drug-likeness (QED) is 0.695. The van der Waals surface area contributed by atoms with Crippen LogP contribution in [0.5, 0.6) is 0 Å². The second-order valence-corrected chi connectivity index (χ2v) is 8.42. The van der Waals surface area contributed by atoms with Crippen molar-refractivity contribution in [2.45, 2.75) is 39.0 Å². The first kappa shape index (κ1) is 19.7. The number of nitrogens with zero attached hydrogens (tertiary/aromatic N) is 4. The summed E-state index contributed by atoms with van der Waals surface area (Å²) in [7, 11) is 1.69. The van der Waals surface area contributed by atoms with Gasteiger partial charge in [-0.2, -0.15) is 4.98 Å². The van der Waals surface area contributed by atoms with Crippen LogP contribution in [-0.4, -0.2) is 86.1 Å². The van der Waals surface area contributed by atoms with Gasteiger partial charge in [-0.3, -0.25) is 4.90 Å². The van der Waals surface area contributed by atoms with Crippen molar-refractivity contribution in [2.75, 3.05) is 66.2 Å². The van der Waals surface area contributed by atoms with Crippen molar-refractivity contribution in [3.05, 3.63) is 11.7 Å². The van der Waals surface area contributed by atoms with E-state index >= 15 is 0 Å². The highest BCUT2D eigenvalue weighted by Crippen LogP contribution is 2.28. The van der Waals surface area contributed by atoms with E-state index in [9.17, 15) is 0 Å². The lowest BCUT2D eigenvalue weighted by molar-refractivity contribution is 0.0129. The molecule has 2 aliphatic heterocycles. The van der Waals surface area contributed by atoms with Crippen LogP contribution < -0.4 is 0 Å². The molecule has 0 amide bonds. The molecule has 2 fully saturated rings. The highest BCUT2D eigenvalue weighted by atomic mass is 16.5. The van der Waals surface area contributed by atoms with Gasteiger partial charge in [0.15, 0.2) is 5.82 Å². The average molecular weight is 367 g/mol. The third kappa shape index (κ3) is 5.74. The van der Waals surface area contributed by atoms with E-state index in [0.717, 1.165) is 70.6 Å². The first-order valence-corrected chi connectivity index (χ1v) is 9.89. The molecule has 0 N–H and O–H groups in total. The summed E-state index contributed by atoms with van der Waals surface area (Å²) in [6.07, 6.45) is 3.03. The fraction of sp³-hybridized carbons (Fsp3) is 0.895. The van der Waals surface area contributed by atoms with Gasteiger partial charge in [0.2, 0.25) is 5.89 Å². The van der Waals surface area contributed by atoms with E-state index in [1.165, 1.54) is 6.42 Å². The van der Waals surface area contributed by atoms with Crippen molar-refractivity contribution in [3.63, 3.8) is 0 Å². The third-order valence-corrected chi connectivity index (χ3v) is 5.28. The van der Waals surface area contributed by atoms with Gasteiger partial charge in [0, 0.05) is 46.3 Å². The Morgan fingerprint density at radius 1 is 1.15 bits per heavy atom. The topological polar surface area (TPSA) is 63.9 Å². The van der Waals surface area contributed by atoms with Gasteiger partial charge in [-0.25, -0.2) is 0 Å². The van der Waals surface area contributed by atoms with Gasteiger partial charge in [-0.15, -0.1) is 0 Å². The molecule has 2 aliphatic rings. The number of likely N-dealkylation sites (tertiary alicyclic amines) is 1.